The van der Waals surface area contributed by atoms with Gasteiger partial charge in [-0.1, -0.05) is 0 Å². The lowest BCUT2D eigenvalue weighted by atomic mass is 10.1. The fourth-order valence-corrected chi connectivity index (χ4v) is 3.11. The van der Waals surface area contributed by atoms with Crippen LogP contribution in [0.25, 0.3) is 0 Å². The first-order valence-electron chi connectivity index (χ1n) is 6.31. The molecule has 1 aliphatic rings. The molecule has 0 aliphatic carbocycles. The highest BCUT2D eigenvalue weighted by molar-refractivity contribution is 7.14. The first-order valence-corrected chi connectivity index (χ1v) is 7.13. The highest BCUT2D eigenvalue weighted by Gasteiger charge is 2.20. The van der Waals surface area contributed by atoms with Gasteiger partial charge in [-0.3, -0.25) is 14.9 Å². The summed E-state index contributed by atoms with van der Waals surface area (Å²) in [5.74, 6) is 0.409. The summed E-state index contributed by atoms with van der Waals surface area (Å²) in [5.41, 5.74) is 0.0233. The van der Waals surface area contributed by atoms with Crippen molar-refractivity contribution in [3.8, 4) is 0 Å². The number of hydrogen-bond acceptors (Lipinski definition) is 5. The molecule has 2 heterocycles. The minimum atomic E-state index is -0.452. The number of hydrogen-bond donors (Lipinski definition) is 2. The second-order valence-corrected chi connectivity index (χ2v) is 5.97. The zero-order valence-electron chi connectivity index (χ0n) is 10.8. The zero-order chi connectivity index (χ0) is 13.8. The molecule has 0 saturated carbocycles. The molecule has 0 bridgehead atoms. The summed E-state index contributed by atoms with van der Waals surface area (Å²) in [7, 11) is 0. The third kappa shape index (κ3) is 3.51. The summed E-state index contributed by atoms with van der Waals surface area (Å²) >= 11 is 1.17. The monoisotopic (exact) mass is 283 g/mol. The van der Waals surface area contributed by atoms with E-state index >= 15 is 0 Å². The molecule has 2 rings (SSSR count). The Labute approximate surface area is 115 Å². The van der Waals surface area contributed by atoms with Gasteiger partial charge in [0.05, 0.1) is 14.7 Å². The van der Waals surface area contributed by atoms with E-state index in [1.165, 1.54) is 17.4 Å². The molecule has 1 saturated heterocycles. The number of nitro groups is 1. The Morgan fingerprint density at radius 1 is 1.68 bits per heavy atom. The minimum Gasteiger partial charge on any atom is -0.351 e. The van der Waals surface area contributed by atoms with Crippen molar-refractivity contribution in [3.05, 3.63) is 25.9 Å². The molecule has 1 aromatic heterocycles. The Bertz CT molecular complexity index is 481. The molecule has 0 spiro atoms. The summed E-state index contributed by atoms with van der Waals surface area (Å²) in [6.07, 6.45) is 2.10. The van der Waals surface area contributed by atoms with Gasteiger partial charge in [0, 0.05) is 12.6 Å². The lowest BCUT2D eigenvalue weighted by Gasteiger charge is -2.08. The number of nitrogens with zero attached hydrogens (tertiary/aromatic N) is 1. The second kappa shape index (κ2) is 6.12. The number of amides is 1. The van der Waals surface area contributed by atoms with Crippen LogP contribution in [0, 0.1) is 23.0 Å². The van der Waals surface area contributed by atoms with E-state index in [0.717, 1.165) is 25.9 Å². The molecule has 0 radical (unpaired) electrons. The van der Waals surface area contributed by atoms with Crippen molar-refractivity contribution in [1.82, 2.24) is 10.6 Å². The van der Waals surface area contributed by atoms with Crippen LogP contribution in [-0.4, -0.2) is 30.5 Å². The summed E-state index contributed by atoms with van der Waals surface area (Å²) < 4.78 is 0. The van der Waals surface area contributed by atoms with E-state index in [9.17, 15) is 14.9 Å². The zero-order valence-corrected chi connectivity index (χ0v) is 11.6. The van der Waals surface area contributed by atoms with E-state index in [4.69, 9.17) is 0 Å². The maximum absolute atomic E-state index is 11.9. The van der Waals surface area contributed by atoms with E-state index < -0.39 is 4.92 Å². The Kier molecular flexibility index (Phi) is 4.49. The number of rotatable bonds is 5. The first kappa shape index (κ1) is 14.0. The highest BCUT2D eigenvalue weighted by atomic mass is 32.1. The third-order valence-corrected chi connectivity index (χ3v) is 4.35. The van der Waals surface area contributed by atoms with Crippen molar-refractivity contribution in [2.45, 2.75) is 19.8 Å². The van der Waals surface area contributed by atoms with Crippen molar-refractivity contribution in [2.75, 3.05) is 19.6 Å². The smallest absolute Gasteiger partial charge is 0.283 e. The van der Waals surface area contributed by atoms with Gasteiger partial charge in [-0.15, -0.1) is 11.3 Å². The van der Waals surface area contributed by atoms with Gasteiger partial charge in [0.1, 0.15) is 0 Å². The van der Waals surface area contributed by atoms with Gasteiger partial charge in [0.25, 0.3) is 11.6 Å². The molecule has 1 aromatic rings. The lowest BCUT2D eigenvalue weighted by Crippen LogP contribution is -2.25. The Morgan fingerprint density at radius 3 is 3.05 bits per heavy atom. The Hall–Kier alpha value is -1.47. The van der Waals surface area contributed by atoms with Gasteiger partial charge in [0.2, 0.25) is 0 Å². The SMILES string of the molecule is Cc1sc(C(=O)NCCC2CCNC2)cc1[N+](=O)[O-]. The van der Waals surface area contributed by atoms with Gasteiger partial charge >= 0.3 is 0 Å². The van der Waals surface area contributed by atoms with Crippen molar-refractivity contribution in [2.24, 2.45) is 5.92 Å². The van der Waals surface area contributed by atoms with E-state index in [1.54, 1.807) is 6.92 Å². The normalized spacial score (nSPS) is 18.5. The van der Waals surface area contributed by atoms with Crippen LogP contribution < -0.4 is 10.6 Å². The molecule has 1 fully saturated rings. The topological polar surface area (TPSA) is 84.3 Å². The van der Waals surface area contributed by atoms with Crippen LogP contribution in [0.15, 0.2) is 6.07 Å². The third-order valence-electron chi connectivity index (χ3n) is 3.31. The molecule has 6 nitrogen and oxygen atoms in total. The molecule has 19 heavy (non-hydrogen) atoms. The van der Waals surface area contributed by atoms with Gasteiger partial charge in [-0.2, -0.15) is 0 Å². The molecule has 7 heteroatoms. The number of carbonyl (C=O) groups excluding carboxylic acids is 1. The maximum atomic E-state index is 11.9. The van der Waals surface area contributed by atoms with Gasteiger partial charge < -0.3 is 10.6 Å². The highest BCUT2D eigenvalue weighted by Crippen LogP contribution is 2.27. The van der Waals surface area contributed by atoms with E-state index in [1.807, 2.05) is 0 Å². The summed E-state index contributed by atoms with van der Waals surface area (Å²) in [5, 5.41) is 16.8. The van der Waals surface area contributed by atoms with E-state index in [0.29, 0.717) is 22.2 Å². The molecular weight excluding hydrogens is 266 g/mol. The molecule has 1 amide bonds. The van der Waals surface area contributed by atoms with Crippen LogP contribution in [0.5, 0.6) is 0 Å². The summed E-state index contributed by atoms with van der Waals surface area (Å²) in [4.78, 5) is 23.1. The standard InChI is InChI=1S/C12H17N3O3S/c1-8-10(15(17)18)6-11(19-8)12(16)14-5-3-9-2-4-13-7-9/h6,9,13H,2-5,7H2,1H3,(H,14,16). The molecule has 0 aromatic carbocycles. The van der Waals surface area contributed by atoms with Crippen molar-refractivity contribution in [1.29, 1.82) is 0 Å². The van der Waals surface area contributed by atoms with Gasteiger partial charge in [-0.25, -0.2) is 0 Å². The maximum Gasteiger partial charge on any atom is 0.283 e. The quantitative estimate of drug-likeness (QED) is 0.636. The predicted octanol–water partition coefficient (Wildman–Crippen LogP) is 1.69. The van der Waals surface area contributed by atoms with E-state index in [-0.39, 0.29) is 11.6 Å². The van der Waals surface area contributed by atoms with Crippen LogP contribution in [0.4, 0.5) is 5.69 Å². The molecule has 104 valence electrons. The first-order chi connectivity index (χ1) is 9.08. The van der Waals surface area contributed by atoms with Gasteiger partial charge in [0.15, 0.2) is 0 Å². The van der Waals surface area contributed by atoms with Crippen LogP contribution in [-0.2, 0) is 0 Å². The van der Waals surface area contributed by atoms with Crippen LogP contribution in [0.1, 0.15) is 27.4 Å². The fraction of sp³-hybridized carbons (Fsp3) is 0.583. The minimum absolute atomic E-state index is 0.0233. The number of carbonyl (C=O) groups is 1. The van der Waals surface area contributed by atoms with Gasteiger partial charge in [-0.05, 0) is 38.8 Å². The van der Waals surface area contributed by atoms with Crippen LogP contribution in [0.3, 0.4) is 0 Å². The summed E-state index contributed by atoms with van der Waals surface area (Å²) in [6.45, 7) is 4.34. The molecule has 1 aliphatic heterocycles. The molecule has 1 unspecified atom stereocenters. The number of thiophene rings is 1. The van der Waals surface area contributed by atoms with Crippen molar-refractivity contribution >= 4 is 22.9 Å². The van der Waals surface area contributed by atoms with Crippen LogP contribution in [0.2, 0.25) is 0 Å². The molecule has 1 atom stereocenters. The lowest BCUT2D eigenvalue weighted by molar-refractivity contribution is -0.385. The second-order valence-electron chi connectivity index (χ2n) is 4.71. The van der Waals surface area contributed by atoms with Crippen molar-refractivity contribution in [3.63, 3.8) is 0 Å². The number of nitrogens with one attached hydrogen (secondary N) is 2. The average Bonchev–Trinajstić information content (AvgIpc) is 2.98. The molecule has 2 N–H and O–H groups in total. The largest absolute Gasteiger partial charge is 0.351 e. The fourth-order valence-electron chi connectivity index (χ4n) is 2.20. The van der Waals surface area contributed by atoms with E-state index in [2.05, 4.69) is 10.6 Å². The van der Waals surface area contributed by atoms with Crippen molar-refractivity contribution < 1.29 is 9.72 Å². The molecular formula is C12H17N3O3S. The number of aryl methyl sites for hydroxylation is 1. The predicted molar refractivity (Wildman–Crippen MR) is 73.6 cm³/mol. The van der Waals surface area contributed by atoms with Crippen LogP contribution >= 0.6 is 11.3 Å². The summed E-state index contributed by atoms with van der Waals surface area (Å²) in [6, 6.07) is 1.35. The average molecular weight is 283 g/mol. The Balaban J connectivity index is 1.85. The Morgan fingerprint density at radius 2 is 2.47 bits per heavy atom.